The Bertz CT molecular complexity index is 993. The molecule has 0 fully saturated rings. The molecule has 0 atom stereocenters. The quantitative estimate of drug-likeness (QED) is 0.564. The molecule has 120 valence electrons. The Morgan fingerprint density at radius 2 is 1.20 bits per heavy atom. The highest BCUT2D eigenvalue weighted by molar-refractivity contribution is 5.99. The Hall–Kier alpha value is -3.53. The van der Waals surface area contributed by atoms with Crippen LogP contribution < -0.4 is 0 Å². The fourth-order valence-corrected chi connectivity index (χ4v) is 2.77. The zero-order chi connectivity index (χ0) is 17.1. The van der Waals surface area contributed by atoms with Gasteiger partial charge in [-0.05, 0) is 12.1 Å². The third kappa shape index (κ3) is 2.85. The number of benzene rings is 3. The van der Waals surface area contributed by atoms with Crippen molar-refractivity contribution in [3.63, 3.8) is 0 Å². The number of nitrogens with zero attached hydrogens (tertiary/aromatic N) is 3. The zero-order valence-electron chi connectivity index (χ0n) is 13.4. The second-order valence-corrected chi connectivity index (χ2v) is 5.60. The van der Waals surface area contributed by atoms with Gasteiger partial charge in [-0.15, -0.1) is 5.10 Å². The molecule has 0 N–H and O–H groups in total. The van der Waals surface area contributed by atoms with E-state index in [2.05, 4.69) is 10.3 Å². The van der Waals surface area contributed by atoms with Gasteiger partial charge in [0.05, 0.1) is 0 Å². The molecule has 4 heteroatoms. The zero-order valence-corrected chi connectivity index (χ0v) is 13.4. The van der Waals surface area contributed by atoms with E-state index in [-0.39, 0.29) is 5.91 Å². The van der Waals surface area contributed by atoms with Gasteiger partial charge in [0.25, 0.3) is 5.91 Å². The van der Waals surface area contributed by atoms with Crippen molar-refractivity contribution in [3.8, 4) is 22.5 Å². The Balaban J connectivity index is 1.91. The number of hydrogen-bond donors (Lipinski definition) is 0. The van der Waals surface area contributed by atoms with Gasteiger partial charge in [0.2, 0.25) is 0 Å². The van der Waals surface area contributed by atoms with Crippen molar-refractivity contribution >= 4 is 5.91 Å². The molecule has 1 aromatic heterocycles. The largest absolute Gasteiger partial charge is 0.280 e. The average Bonchev–Trinajstić information content (AvgIpc) is 3.14. The SMILES string of the molecule is O=C(c1ccccc1)n1nnc(-c2ccccc2)c1-c1ccccc1. The molecule has 0 saturated carbocycles. The number of carbonyl (C=O) groups is 1. The van der Waals surface area contributed by atoms with E-state index in [9.17, 15) is 4.79 Å². The van der Waals surface area contributed by atoms with E-state index >= 15 is 0 Å². The monoisotopic (exact) mass is 325 g/mol. The van der Waals surface area contributed by atoms with Gasteiger partial charge in [0.1, 0.15) is 11.4 Å². The number of hydrogen-bond acceptors (Lipinski definition) is 3. The third-order valence-corrected chi connectivity index (χ3v) is 3.98. The summed E-state index contributed by atoms with van der Waals surface area (Å²) < 4.78 is 1.38. The standard InChI is InChI=1S/C21H15N3O/c25-21(18-14-8-3-9-15-18)24-20(17-12-6-2-7-13-17)19(22-23-24)16-10-4-1-5-11-16/h1-15H. The van der Waals surface area contributed by atoms with E-state index < -0.39 is 0 Å². The molecule has 0 aliphatic heterocycles. The molecule has 0 radical (unpaired) electrons. The molecule has 0 aliphatic rings. The van der Waals surface area contributed by atoms with Gasteiger partial charge in [-0.25, -0.2) is 0 Å². The second kappa shape index (κ2) is 6.53. The van der Waals surface area contributed by atoms with Crippen molar-refractivity contribution in [3.05, 3.63) is 96.6 Å². The van der Waals surface area contributed by atoms with Gasteiger partial charge in [-0.2, -0.15) is 4.68 Å². The molecule has 4 rings (SSSR count). The van der Waals surface area contributed by atoms with Gasteiger partial charge in [-0.3, -0.25) is 4.79 Å². The number of aromatic nitrogens is 3. The van der Waals surface area contributed by atoms with E-state index in [1.807, 2.05) is 78.9 Å². The third-order valence-electron chi connectivity index (χ3n) is 3.98. The van der Waals surface area contributed by atoms with Crippen molar-refractivity contribution in [2.45, 2.75) is 0 Å². The van der Waals surface area contributed by atoms with E-state index in [0.717, 1.165) is 11.1 Å². The van der Waals surface area contributed by atoms with Crippen LogP contribution in [0.1, 0.15) is 10.4 Å². The summed E-state index contributed by atoms with van der Waals surface area (Å²) in [5.41, 5.74) is 3.78. The van der Waals surface area contributed by atoms with Crippen LogP contribution in [-0.2, 0) is 0 Å². The minimum Gasteiger partial charge on any atom is -0.267 e. The second-order valence-electron chi connectivity index (χ2n) is 5.60. The highest BCUT2D eigenvalue weighted by Gasteiger charge is 2.21. The molecule has 0 bridgehead atoms. The lowest BCUT2D eigenvalue weighted by Crippen LogP contribution is -2.15. The fraction of sp³-hybridized carbons (Fsp3) is 0. The average molecular weight is 325 g/mol. The minimum absolute atomic E-state index is 0.200. The highest BCUT2D eigenvalue weighted by atomic mass is 16.2. The first-order chi connectivity index (χ1) is 12.3. The van der Waals surface area contributed by atoms with Crippen LogP contribution in [0, 0.1) is 0 Å². The molecule has 25 heavy (non-hydrogen) atoms. The number of carbonyl (C=O) groups excluding carboxylic acids is 1. The molecule has 0 saturated heterocycles. The lowest BCUT2D eigenvalue weighted by molar-refractivity contribution is 0.0945. The molecule has 4 aromatic rings. The van der Waals surface area contributed by atoms with Crippen LogP contribution in [0.15, 0.2) is 91.0 Å². The van der Waals surface area contributed by atoms with E-state index in [0.29, 0.717) is 17.0 Å². The Kier molecular flexibility index (Phi) is 3.92. The van der Waals surface area contributed by atoms with Gasteiger partial charge in [-0.1, -0.05) is 84.1 Å². The normalized spacial score (nSPS) is 10.6. The fourth-order valence-electron chi connectivity index (χ4n) is 2.77. The van der Waals surface area contributed by atoms with Crippen molar-refractivity contribution in [2.75, 3.05) is 0 Å². The molecule has 4 nitrogen and oxygen atoms in total. The lowest BCUT2D eigenvalue weighted by Gasteiger charge is -2.07. The highest BCUT2D eigenvalue weighted by Crippen LogP contribution is 2.30. The van der Waals surface area contributed by atoms with Crippen LogP contribution in [0.3, 0.4) is 0 Å². The van der Waals surface area contributed by atoms with Crippen LogP contribution in [0.5, 0.6) is 0 Å². The smallest absolute Gasteiger partial charge is 0.267 e. The summed E-state index contributed by atoms with van der Waals surface area (Å²) in [5, 5.41) is 8.46. The molecular weight excluding hydrogens is 310 g/mol. The summed E-state index contributed by atoms with van der Waals surface area (Å²) in [6.07, 6.45) is 0. The van der Waals surface area contributed by atoms with Crippen molar-refractivity contribution in [2.24, 2.45) is 0 Å². The van der Waals surface area contributed by atoms with Crippen LogP contribution in [0.4, 0.5) is 0 Å². The number of rotatable bonds is 3. The van der Waals surface area contributed by atoms with E-state index in [4.69, 9.17) is 0 Å². The molecule has 1 heterocycles. The maximum Gasteiger partial charge on any atom is 0.280 e. The first-order valence-electron chi connectivity index (χ1n) is 8.01. The van der Waals surface area contributed by atoms with Crippen molar-refractivity contribution < 1.29 is 4.79 Å². The maximum atomic E-state index is 12.9. The molecular formula is C21H15N3O. The summed E-state index contributed by atoms with van der Waals surface area (Å²) in [6.45, 7) is 0. The predicted molar refractivity (Wildman–Crippen MR) is 97.1 cm³/mol. The lowest BCUT2D eigenvalue weighted by atomic mass is 10.0. The summed E-state index contributed by atoms with van der Waals surface area (Å²) >= 11 is 0. The first kappa shape index (κ1) is 15.0. The summed E-state index contributed by atoms with van der Waals surface area (Å²) in [7, 11) is 0. The van der Waals surface area contributed by atoms with Crippen LogP contribution in [-0.4, -0.2) is 20.9 Å². The Morgan fingerprint density at radius 3 is 1.80 bits per heavy atom. The van der Waals surface area contributed by atoms with Crippen molar-refractivity contribution in [1.82, 2.24) is 15.0 Å². The Labute approximate surface area is 145 Å². The maximum absolute atomic E-state index is 12.9. The van der Waals surface area contributed by atoms with E-state index in [1.54, 1.807) is 12.1 Å². The molecule has 0 unspecified atom stereocenters. The van der Waals surface area contributed by atoms with Gasteiger partial charge in [0.15, 0.2) is 0 Å². The topological polar surface area (TPSA) is 47.8 Å². The van der Waals surface area contributed by atoms with E-state index in [1.165, 1.54) is 4.68 Å². The van der Waals surface area contributed by atoms with Gasteiger partial charge in [0, 0.05) is 16.7 Å². The van der Waals surface area contributed by atoms with Crippen molar-refractivity contribution in [1.29, 1.82) is 0 Å². The van der Waals surface area contributed by atoms with Gasteiger partial charge < -0.3 is 0 Å². The summed E-state index contributed by atoms with van der Waals surface area (Å²) in [5.74, 6) is -0.200. The molecule has 0 aliphatic carbocycles. The van der Waals surface area contributed by atoms with Crippen LogP contribution >= 0.6 is 0 Å². The Morgan fingerprint density at radius 1 is 0.680 bits per heavy atom. The minimum atomic E-state index is -0.200. The molecule has 0 spiro atoms. The summed E-state index contributed by atoms with van der Waals surface area (Å²) in [4.78, 5) is 12.9. The molecule has 3 aromatic carbocycles. The van der Waals surface area contributed by atoms with Crippen LogP contribution in [0.25, 0.3) is 22.5 Å². The molecule has 0 amide bonds. The van der Waals surface area contributed by atoms with Crippen LogP contribution in [0.2, 0.25) is 0 Å². The van der Waals surface area contributed by atoms with Gasteiger partial charge >= 0.3 is 0 Å². The first-order valence-corrected chi connectivity index (χ1v) is 8.01. The summed E-state index contributed by atoms with van der Waals surface area (Å²) in [6, 6.07) is 28.6. The predicted octanol–water partition coefficient (Wildman–Crippen LogP) is 4.30.